The molecule has 1 aromatic carbocycles. The van der Waals surface area contributed by atoms with Crippen molar-refractivity contribution in [3.63, 3.8) is 0 Å². The molecular weight excluding hydrogens is 300 g/mol. The molecule has 5 heteroatoms. The fourth-order valence-corrected chi connectivity index (χ4v) is 3.04. The molecule has 1 aliphatic rings. The molecule has 5 nitrogen and oxygen atoms in total. The average molecular weight is 332 g/mol. The van der Waals surface area contributed by atoms with Crippen LogP contribution in [0.2, 0.25) is 0 Å². The second-order valence-corrected chi connectivity index (χ2v) is 6.83. The number of piperazine rings is 1. The number of rotatable bonds is 8. The van der Waals surface area contributed by atoms with E-state index in [-0.39, 0.29) is 11.9 Å². The summed E-state index contributed by atoms with van der Waals surface area (Å²) in [6, 6.07) is 8.05. The lowest BCUT2D eigenvalue weighted by Gasteiger charge is -2.32. The van der Waals surface area contributed by atoms with Gasteiger partial charge in [0.15, 0.2) is 0 Å². The summed E-state index contributed by atoms with van der Waals surface area (Å²) in [5.74, 6) is -0.0122. The Hall–Kier alpha value is -1.43. The average Bonchev–Trinajstić information content (AvgIpc) is 2.60. The van der Waals surface area contributed by atoms with Gasteiger partial charge in [0.05, 0.1) is 0 Å². The third kappa shape index (κ3) is 5.89. The van der Waals surface area contributed by atoms with Gasteiger partial charge in [0, 0.05) is 50.9 Å². The molecule has 1 unspecified atom stereocenters. The Bertz CT molecular complexity index is 512. The molecule has 0 aliphatic carbocycles. The van der Waals surface area contributed by atoms with Crippen molar-refractivity contribution in [2.24, 2.45) is 5.73 Å². The van der Waals surface area contributed by atoms with E-state index in [9.17, 15) is 4.79 Å². The van der Waals surface area contributed by atoms with Gasteiger partial charge >= 0.3 is 0 Å². The zero-order valence-electron chi connectivity index (χ0n) is 15.1. The molecule has 0 saturated carbocycles. The van der Waals surface area contributed by atoms with Crippen molar-refractivity contribution in [2.75, 3.05) is 39.8 Å². The first-order chi connectivity index (χ1) is 11.6. The van der Waals surface area contributed by atoms with E-state index >= 15 is 0 Å². The minimum absolute atomic E-state index is 0.0122. The number of hydrogen-bond donors (Lipinski definition) is 2. The molecule has 1 atom stereocenters. The Kier molecular flexibility index (Phi) is 7.69. The lowest BCUT2D eigenvalue weighted by Crippen LogP contribution is -2.43. The van der Waals surface area contributed by atoms with Crippen LogP contribution in [0.1, 0.15) is 42.1 Å². The zero-order valence-corrected chi connectivity index (χ0v) is 15.1. The summed E-state index contributed by atoms with van der Waals surface area (Å²) in [7, 11) is 2.16. The second kappa shape index (κ2) is 9.77. The van der Waals surface area contributed by atoms with Crippen LogP contribution in [-0.2, 0) is 6.54 Å². The van der Waals surface area contributed by atoms with Gasteiger partial charge < -0.3 is 16.0 Å². The molecule has 24 heavy (non-hydrogen) atoms. The normalized spacial score (nSPS) is 17.6. The molecule has 2 rings (SSSR count). The number of nitrogens with two attached hydrogens (primary N) is 1. The summed E-state index contributed by atoms with van der Waals surface area (Å²) in [4.78, 5) is 17.3. The summed E-state index contributed by atoms with van der Waals surface area (Å²) in [6.07, 6.45) is 3.15. The Labute approximate surface area is 146 Å². The number of hydrogen-bond acceptors (Lipinski definition) is 4. The number of amides is 1. The minimum Gasteiger partial charge on any atom is -0.348 e. The molecule has 0 spiro atoms. The number of benzene rings is 1. The quantitative estimate of drug-likeness (QED) is 0.760. The number of carbonyl (C=O) groups excluding carboxylic acids is 1. The number of unbranched alkanes of at least 4 members (excludes halogenated alkanes) is 1. The van der Waals surface area contributed by atoms with Gasteiger partial charge in [0.2, 0.25) is 0 Å². The molecule has 0 aromatic heterocycles. The van der Waals surface area contributed by atoms with Gasteiger partial charge in [-0.15, -0.1) is 0 Å². The van der Waals surface area contributed by atoms with Crippen LogP contribution < -0.4 is 11.1 Å². The predicted molar refractivity (Wildman–Crippen MR) is 99.0 cm³/mol. The van der Waals surface area contributed by atoms with Gasteiger partial charge in [-0.25, -0.2) is 0 Å². The third-order valence-electron chi connectivity index (χ3n) is 4.72. The van der Waals surface area contributed by atoms with Crippen molar-refractivity contribution in [3.05, 3.63) is 35.4 Å². The van der Waals surface area contributed by atoms with Crippen molar-refractivity contribution in [1.29, 1.82) is 0 Å². The van der Waals surface area contributed by atoms with Gasteiger partial charge in [-0.1, -0.05) is 31.9 Å². The summed E-state index contributed by atoms with van der Waals surface area (Å²) >= 11 is 0. The maximum Gasteiger partial charge on any atom is 0.251 e. The van der Waals surface area contributed by atoms with Gasteiger partial charge in [-0.05, 0) is 31.2 Å². The standard InChI is InChI=1S/C19H32N4O/c1-3-4-8-18(14-20)21-19(24)17-7-5-6-16(13-17)15-23-11-9-22(2)10-12-23/h5-7,13,18H,3-4,8-12,14-15,20H2,1-2H3,(H,21,24). The molecule has 0 radical (unpaired) electrons. The first kappa shape index (κ1) is 18.9. The van der Waals surface area contributed by atoms with E-state index in [2.05, 4.69) is 35.2 Å². The topological polar surface area (TPSA) is 61.6 Å². The maximum atomic E-state index is 12.5. The van der Waals surface area contributed by atoms with E-state index in [4.69, 9.17) is 5.73 Å². The monoisotopic (exact) mass is 332 g/mol. The van der Waals surface area contributed by atoms with Gasteiger partial charge in [-0.3, -0.25) is 9.69 Å². The van der Waals surface area contributed by atoms with Crippen molar-refractivity contribution in [3.8, 4) is 0 Å². The van der Waals surface area contributed by atoms with E-state index in [1.807, 2.05) is 18.2 Å². The Morgan fingerprint density at radius 2 is 2.04 bits per heavy atom. The lowest BCUT2D eigenvalue weighted by molar-refractivity contribution is 0.0935. The highest BCUT2D eigenvalue weighted by Gasteiger charge is 2.15. The number of likely N-dealkylation sites (N-methyl/N-ethyl adjacent to an activating group) is 1. The number of carbonyl (C=O) groups is 1. The van der Waals surface area contributed by atoms with Crippen molar-refractivity contribution < 1.29 is 4.79 Å². The van der Waals surface area contributed by atoms with Gasteiger partial charge in [-0.2, -0.15) is 0 Å². The van der Waals surface area contributed by atoms with Crippen molar-refractivity contribution >= 4 is 5.91 Å². The fraction of sp³-hybridized carbons (Fsp3) is 0.632. The highest BCUT2D eigenvalue weighted by atomic mass is 16.1. The van der Waals surface area contributed by atoms with E-state index in [1.165, 1.54) is 5.56 Å². The Morgan fingerprint density at radius 1 is 1.29 bits per heavy atom. The highest BCUT2D eigenvalue weighted by molar-refractivity contribution is 5.94. The van der Waals surface area contributed by atoms with Gasteiger partial charge in [0.25, 0.3) is 5.91 Å². The summed E-state index contributed by atoms with van der Waals surface area (Å²) < 4.78 is 0. The van der Waals surface area contributed by atoms with Crippen LogP contribution in [0.25, 0.3) is 0 Å². The van der Waals surface area contributed by atoms with Crippen molar-refractivity contribution in [2.45, 2.75) is 38.8 Å². The molecule has 1 aliphatic heterocycles. The van der Waals surface area contributed by atoms with Crippen LogP contribution in [0.4, 0.5) is 0 Å². The van der Waals surface area contributed by atoms with Crippen LogP contribution in [-0.4, -0.2) is 61.5 Å². The van der Waals surface area contributed by atoms with Crippen LogP contribution in [0, 0.1) is 0 Å². The predicted octanol–water partition coefficient (Wildman–Crippen LogP) is 1.68. The molecule has 1 saturated heterocycles. The molecule has 3 N–H and O–H groups in total. The second-order valence-electron chi connectivity index (χ2n) is 6.83. The lowest BCUT2D eigenvalue weighted by atomic mass is 10.1. The Morgan fingerprint density at radius 3 is 2.71 bits per heavy atom. The molecule has 0 bridgehead atoms. The van der Waals surface area contributed by atoms with Crippen LogP contribution in [0.15, 0.2) is 24.3 Å². The SMILES string of the molecule is CCCCC(CN)NC(=O)c1cccc(CN2CCN(C)CC2)c1. The molecule has 134 valence electrons. The van der Waals surface area contributed by atoms with Crippen LogP contribution in [0.3, 0.4) is 0 Å². The maximum absolute atomic E-state index is 12.5. The third-order valence-corrected chi connectivity index (χ3v) is 4.72. The van der Waals surface area contributed by atoms with E-state index in [0.29, 0.717) is 6.54 Å². The first-order valence-corrected chi connectivity index (χ1v) is 9.13. The highest BCUT2D eigenvalue weighted by Crippen LogP contribution is 2.11. The zero-order chi connectivity index (χ0) is 17.4. The summed E-state index contributed by atoms with van der Waals surface area (Å²) in [6.45, 7) is 7.93. The van der Waals surface area contributed by atoms with E-state index < -0.39 is 0 Å². The molecular formula is C19H32N4O. The summed E-state index contributed by atoms with van der Waals surface area (Å²) in [5.41, 5.74) is 7.71. The van der Waals surface area contributed by atoms with Crippen molar-refractivity contribution in [1.82, 2.24) is 15.1 Å². The Balaban J connectivity index is 1.92. The fourth-order valence-electron chi connectivity index (χ4n) is 3.04. The smallest absolute Gasteiger partial charge is 0.251 e. The first-order valence-electron chi connectivity index (χ1n) is 9.13. The van der Waals surface area contributed by atoms with E-state index in [0.717, 1.165) is 57.5 Å². The molecule has 1 aromatic rings. The van der Waals surface area contributed by atoms with Gasteiger partial charge in [0.1, 0.15) is 0 Å². The molecule has 1 heterocycles. The number of nitrogens with one attached hydrogen (secondary N) is 1. The minimum atomic E-state index is -0.0122. The number of nitrogens with zero attached hydrogens (tertiary/aromatic N) is 2. The molecule has 1 amide bonds. The van der Waals surface area contributed by atoms with E-state index in [1.54, 1.807) is 0 Å². The molecule has 1 fully saturated rings. The van der Waals surface area contributed by atoms with Crippen LogP contribution in [0.5, 0.6) is 0 Å². The summed E-state index contributed by atoms with van der Waals surface area (Å²) in [5, 5.41) is 3.07. The largest absolute Gasteiger partial charge is 0.348 e. The van der Waals surface area contributed by atoms with Crippen LogP contribution >= 0.6 is 0 Å².